The largest absolute Gasteiger partial charge is 0.494 e. The summed E-state index contributed by atoms with van der Waals surface area (Å²) < 4.78 is 6.59. The second-order valence-electron chi connectivity index (χ2n) is 5.45. The number of anilines is 2. The van der Waals surface area contributed by atoms with E-state index in [4.69, 9.17) is 4.74 Å². The molecule has 1 aliphatic heterocycles. The number of hydrogen-bond donors (Lipinski definition) is 1. The number of para-hydroxylation sites is 2. The summed E-state index contributed by atoms with van der Waals surface area (Å²) >= 11 is 3.39. The fraction of sp³-hybridized carbons (Fsp3) is 0.222. The number of halogens is 1. The molecule has 0 spiro atoms. The van der Waals surface area contributed by atoms with E-state index in [0.717, 1.165) is 15.9 Å². The van der Waals surface area contributed by atoms with Crippen molar-refractivity contribution < 1.29 is 14.3 Å². The van der Waals surface area contributed by atoms with E-state index in [0.29, 0.717) is 25.1 Å². The van der Waals surface area contributed by atoms with Crippen LogP contribution in [0, 0.1) is 0 Å². The number of amides is 2. The molecule has 1 aliphatic rings. The zero-order chi connectivity index (χ0) is 16.9. The third-order valence-corrected chi connectivity index (χ3v) is 4.16. The predicted octanol–water partition coefficient (Wildman–Crippen LogP) is 3.59. The normalized spacial score (nSPS) is 13.2. The molecule has 0 aromatic heterocycles. The zero-order valence-electron chi connectivity index (χ0n) is 13.0. The number of benzene rings is 2. The SMILES string of the molecule is O=C1CN(C(=O)CCCOc2cccc(Br)c2)c2ccccc2N1. The van der Waals surface area contributed by atoms with Crippen molar-refractivity contribution in [3.05, 3.63) is 53.0 Å². The number of nitrogens with zero attached hydrogens (tertiary/aromatic N) is 1. The van der Waals surface area contributed by atoms with Gasteiger partial charge in [0, 0.05) is 10.9 Å². The number of rotatable bonds is 5. The molecule has 6 heteroatoms. The number of fused-ring (bicyclic) bond motifs is 1. The first kappa shape index (κ1) is 16.5. The third kappa shape index (κ3) is 3.94. The molecule has 0 saturated carbocycles. The molecule has 1 heterocycles. The van der Waals surface area contributed by atoms with Gasteiger partial charge in [0.1, 0.15) is 12.3 Å². The molecule has 0 fully saturated rings. The second-order valence-corrected chi connectivity index (χ2v) is 6.37. The summed E-state index contributed by atoms with van der Waals surface area (Å²) in [6.07, 6.45) is 0.918. The number of carbonyl (C=O) groups is 2. The van der Waals surface area contributed by atoms with E-state index >= 15 is 0 Å². The first-order valence-corrected chi connectivity index (χ1v) is 8.50. The fourth-order valence-corrected chi connectivity index (χ4v) is 2.94. The van der Waals surface area contributed by atoms with E-state index in [1.165, 1.54) is 4.90 Å². The minimum atomic E-state index is -0.174. The summed E-state index contributed by atoms with van der Waals surface area (Å²) in [6.45, 7) is 0.506. The van der Waals surface area contributed by atoms with Gasteiger partial charge in [0.05, 0.1) is 18.0 Å². The minimum Gasteiger partial charge on any atom is -0.494 e. The lowest BCUT2D eigenvalue weighted by Crippen LogP contribution is -2.42. The molecule has 2 amide bonds. The van der Waals surface area contributed by atoms with E-state index in [2.05, 4.69) is 21.2 Å². The van der Waals surface area contributed by atoms with Gasteiger partial charge in [-0.2, -0.15) is 0 Å². The highest BCUT2D eigenvalue weighted by Gasteiger charge is 2.25. The lowest BCUT2D eigenvalue weighted by Gasteiger charge is -2.29. The Morgan fingerprint density at radius 3 is 2.88 bits per heavy atom. The van der Waals surface area contributed by atoms with Crippen molar-refractivity contribution in [3.8, 4) is 5.75 Å². The van der Waals surface area contributed by atoms with Crippen LogP contribution in [0.3, 0.4) is 0 Å². The number of ether oxygens (including phenoxy) is 1. The van der Waals surface area contributed by atoms with E-state index in [1.807, 2.05) is 42.5 Å². The van der Waals surface area contributed by atoms with Crippen molar-refractivity contribution >= 4 is 39.1 Å². The van der Waals surface area contributed by atoms with E-state index in [9.17, 15) is 9.59 Å². The molecule has 1 N–H and O–H groups in total. The van der Waals surface area contributed by atoms with Crippen LogP contribution in [-0.2, 0) is 9.59 Å². The average Bonchev–Trinajstić information content (AvgIpc) is 2.58. The highest BCUT2D eigenvalue weighted by atomic mass is 79.9. The van der Waals surface area contributed by atoms with Crippen LogP contribution in [0.5, 0.6) is 5.75 Å². The Hall–Kier alpha value is -2.34. The van der Waals surface area contributed by atoms with Crippen LogP contribution in [0.15, 0.2) is 53.0 Å². The van der Waals surface area contributed by atoms with E-state index in [1.54, 1.807) is 6.07 Å². The Bertz CT molecular complexity index is 763. The Kier molecular flexibility index (Phi) is 5.15. The monoisotopic (exact) mass is 388 g/mol. The average molecular weight is 389 g/mol. The molecule has 0 unspecified atom stereocenters. The van der Waals surface area contributed by atoms with Gasteiger partial charge < -0.3 is 15.0 Å². The minimum absolute atomic E-state index is 0.0579. The summed E-state index contributed by atoms with van der Waals surface area (Å²) in [5.41, 5.74) is 1.42. The van der Waals surface area contributed by atoms with Gasteiger partial charge in [0.15, 0.2) is 0 Å². The summed E-state index contributed by atoms with van der Waals surface area (Å²) in [5.74, 6) is 0.516. The fourth-order valence-electron chi connectivity index (χ4n) is 2.56. The van der Waals surface area contributed by atoms with Gasteiger partial charge in [0.25, 0.3) is 0 Å². The summed E-state index contributed by atoms with van der Waals surface area (Å²) in [7, 11) is 0. The maximum Gasteiger partial charge on any atom is 0.244 e. The van der Waals surface area contributed by atoms with Crippen LogP contribution >= 0.6 is 15.9 Å². The summed E-state index contributed by atoms with van der Waals surface area (Å²) in [6, 6.07) is 14.9. The van der Waals surface area contributed by atoms with Gasteiger partial charge >= 0.3 is 0 Å². The van der Waals surface area contributed by atoms with Crippen LogP contribution in [-0.4, -0.2) is 25.0 Å². The van der Waals surface area contributed by atoms with Crippen LogP contribution < -0.4 is 15.0 Å². The standard InChI is InChI=1S/C18H17BrN2O3/c19-13-5-3-6-14(11-13)24-10-4-9-18(23)21-12-17(22)20-15-7-1-2-8-16(15)21/h1-3,5-8,11H,4,9-10,12H2,(H,20,22). The van der Waals surface area contributed by atoms with E-state index < -0.39 is 0 Å². The lowest BCUT2D eigenvalue weighted by molar-refractivity contribution is -0.122. The molecule has 24 heavy (non-hydrogen) atoms. The lowest BCUT2D eigenvalue weighted by atomic mass is 10.1. The second kappa shape index (κ2) is 7.49. The molecule has 3 rings (SSSR count). The molecule has 124 valence electrons. The number of nitrogens with one attached hydrogen (secondary N) is 1. The van der Waals surface area contributed by atoms with Crippen molar-refractivity contribution in [2.24, 2.45) is 0 Å². The molecule has 5 nitrogen and oxygen atoms in total. The molecule has 0 saturated heterocycles. The maximum atomic E-state index is 12.5. The van der Waals surface area contributed by atoms with Gasteiger partial charge in [-0.05, 0) is 36.8 Å². The molecule has 2 aromatic carbocycles. The number of hydrogen-bond acceptors (Lipinski definition) is 3. The van der Waals surface area contributed by atoms with E-state index in [-0.39, 0.29) is 18.4 Å². The van der Waals surface area contributed by atoms with Crippen molar-refractivity contribution in [2.45, 2.75) is 12.8 Å². The topological polar surface area (TPSA) is 58.6 Å². The predicted molar refractivity (Wildman–Crippen MR) is 96.3 cm³/mol. The highest BCUT2D eigenvalue weighted by molar-refractivity contribution is 9.10. The van der Waals surface area contributed by atoms with Crippen molar-refractivity contribution in [1.29, 1.82) is 0 Å². The summed E-state index contributed by atoms with van der Waals surface area (Å²) in [4.78, 5) is 25.7. The molecule has 0 radical (unpaired) electrons. The van der Waals surface area contributed by atoms with Crippen LogP contribution in [0.1, 0.15) is 12.8 Å². The van der Waals surface area contributed by atoms with Crippen molar-refractivity contribution in [1.82, 2.24) is 0 Å². The Labute approximate surface area is 148 Å². The molecule has 0 bridgehead atoms. The zero-order valence-corrected chi connectivity index (χ0v) is 14.6. The van der Waals surface area contributed by atoms with Gasteiger partial charge in [-0.3, -0.25) is 9.59 Å². The highest BCUT2D eigenvalue weighted by Crippen LogP contribution is 2.29. The Morgan fingerprint density at radius 1 is 1.21 bits per heavy atom. The van der Waals surface area contributed by atoms with Crippen LogP contribution in [0.25, 0.3) is 0 Å². The van der Waals surface area contributed by atoms with Gasteiger partial charge in [-0.15, -0.1) is 0 Å². The Balaban J connectivity index is 1.55. The smallest absolute Gasteiger partial charge is 0.244 e. The first-order valence-electron chi connectivity index (χ1n) is 7.71. The first-order chi connectivity index (χ1) is 11.6. The molecule has 0 aliphatic carbocycles. The molecular formula is C18H17BrN2O3. The van der Waals surface area contributed by atoms with Crippen molar-refractivity contribution in [3.63, 3.8) is 0 Å². The van der Waals surface area contributed by atoms with Crippen LogP contribution in [0.4, 0.5) is 11.4 Å². The van der Waals surface area contributed by atoms with Crippen LogP contribution in [0.2, 0.25) is 0 Å². The molecule has 0 atom stereocenters. The number of carbonyl (C=O) groups excluding carboxylic acids is 2. The van der Waals surface area contributed by atoms with Gasteiger partial charge in [-0.25, -0.2) is 0 Å². The quantitative estimate of drug-likeness (QED) is 0.796. The van der Waals surface area contributed by atoms with Gasteiger partial charge in [0.2, 0.25) is 11.8 Å². The summed E-state index contributed by atoms with van der Waals surface area (Å²) in [5, 5.41) is 2.78. The molecule has 2 aromatic rings. The molecular weight excluding hydrogens is 372 g/mol. The maximum absolute atomic E-state index is 12.5. The van der Waals surface area contributed by atoms with Gasteiger partial charge in [-0.1, -0.05) is 34.1 Å². The third-order valence-electron chi connectivity index (χ3n) is 3.67. The van der Waals surface area contributed by atoms with Crippen molar-refractivity contribution in [2.75, 3.05) is 23.4 Å². The Morgan fingerprint density at radius 2 is 2.04 bits per heavy atom.